The van der Waals surface area contributed by atoms with Crippen molar-refractivity contribution in [3.63, 3.8) is 0 Å². The highest BCUT2D eigenvalue weighted by molar-refractivity contribution is 5.81. The lowest BCUT2D eigenvalue weighted by Crippen LogP contribution is -2.44. The minimum absolute atomic E-state index is 0.154. The van der Waals surface area contributed by atoms with Gasteiger partial charge in [0.2, 0.25) is 17.8 Å². The van der Waals surface area contributed by atoms with E-state index in [0.29, 0.717) is 23.2 Å². The molecule has 0 aliphatic carbocycles. The molecule has 2 heterocycles. The topological polar surface area (TPSA) is 86.9 Å². The SMILES string of the molecule is COc1ccc(-c2noc(CN(C)C(=O)C3COc4ccccc4O3)n2)cc1. The number of ether oxygens (including phenoxy) is 3. The maximum atomic E-state index is 12.7. The van der Waals surface area contributed by atoms with Crippen molar-refractivity contribution >= 4 is 5.91 Å². The van der Waals surface area contributed by atoms with Gasteiger partial charge in [-0.15, -0.1) is 0 Å². The van der Waals surface area contributed by atoms with E-state index in [1.165, 1.54) is 4.90 Å². The Morgan fingerprint density at radius 3 is 2.68 bits per heavy atom. The number of amides is 1. The molecular weight excluding hydrogens is 362 g/mol. The Kier molecular flexibility index (Phi) is 4.84. The molecule has 0 radical (unpaired) electrons. The second kappa shape index (κ2) is 7.59. The molecule has 0 saturated heterocycles. The van der Waals surface area contributed by atoms with Crippen LogP contribution in [0.5, 0.6) is 17.2 Å². The molecule has 1 amide bonds. The van der Waals surface area contributed by atoms with Crippen molar-refractivity contribution < 1.29 is 23.5 Å². The number of carbonyl (C=O) groups excluding carboxylic acids is 1. The summed E-state index contributed by atoms with van der Waals surface area (Å²) in [5.41, 5.74) is 0.797. The molecular formula is C20H19N3O5. The molecule has 1 aromatic heterocycles. The molecule has 0 saturated carbocycles. The van der Waals surface area contributed by atoms with Gasteiger partial charge >= 0.3 is 0 Å². The number of hydrogen-bond acceptors (Lipinski definition) is 7. The summed E-state index contributed by atoms with van der Waals surface area (Å²) in [6.07, 6.45) is -0.719. The Balaban J connectivity index is 1.40. The highest BCUT2D eigenvalue weighted by atomic mass is 16.6. The van der Waals surface area contributed by atoms with E-state index in [4.69, 9.17) is 18.7 Å². The molecule has 0 fully saturated rings. The quantitative estimate of drug-likeness (QED) is 0.671. The highest BCUT2D eigenvalue weighted by Gasteiger charge is 2.30. The van der Waals surface area contributed by atoms with Crippen molar-refractivity contribution in [1.82, 2.24) is 15.0 Å². The second-order valence-corrected chi connectivity index (χ2v) is 6.30. The molecule has 1 unspecified atom stereocenters. The van der Waals surface area contributed by atoms with Gasteiger partial charge < -0.3 is 23.6 Å². The summed E-state index contributed by atoms with van der Waals surface area (Å²) in [6, 6.07) is 14.6. The average molecular weight is 381 g/mol. The van der Waals surface area contributed by atoms with Crippen LogP contribution in [0, 0.1) is 0 Å². The largest absolute Gasteiger partial charge is 0.497 e. The first-order valence-corrected chi connectivity index (χ1v) is 8.74. The third-order valence-corrected chi connectivity index (χ3v) is 4.35. The fourth-order valence-electron chi connectivity index (χ4n) is 2.84. The van der Waals surface area contributed by atoms with E-state index in [-0.39, 0.29) is 19.1 Å². The van der Waals surface area contributed by atoms with Crippen LogP contribution in [0.15, 0.2) is 53.1 Å². The van der Waals surface area contributed by atoms with E-state index < -0.39 is 6.10 Å². The van der Waals surface area contributed by atoms with Crippen molar-refractivity contribution in [2.45, 2.75) is 12.6 Å². The van der Waals surface area contributed by atoms with Gasteiger partial charge in [0.05, 0.1) is 13.7 Å². The zero-order valence-corrected chi connectivity index (χ0v) is 15.5. The number of rotatable bonds is 5. The van der Waals surface area contributed by atoms with Gasteiger partial charge in [0, 0.05) is 12.6 Å². The van der Waals surface area contributed by atoms with Gasteiger partial charge in [0.15, 0.2) is 11.5 Å². The lowest BCUT2D eigenvalue weighted by molar-refractivity contribution is -0.140. The zero-order chi connectivity index (χ0) is 19.5. The summed E-state index contributed by atoms with van der Waals surface area (Å²) in [7, 11) is 3.26. The lowest BCUT2D eigenvalue weighted by atomic mass is 10.2. The number of carbonyl (C=O) groups is 1. The van der Waals surface area contributed by atoms with E-state index in [0.717, 1.165) is 11.3 Å². The molecule has 144 valence electrons. The number of hydrogen-bond donors (Lipinski definition) is 0. The Hall–Kier alpha value is -3.55. The van der Waals surface area contributed by atoms with E-state index >= 15 is 0 Å². The standard InChI is InChI=1S/C20H19N3O5/c1-23(20(24)17-12-26-15-5-3-4-6-16(15)27-17)11-18-21-19(22-28-18)13-7-9-14(25-2)10-8-13/h3-10,17H,11-12H2,1-2H3. The van der Waals surface area contributed by atoms with Crippen molar-refractivity contribution in [1.29, 1.82) is 0 Å². The van der Waals surface area contributed by atoms with Crippen LogP contribution >= 0.6 is 0 Å². The summed E-state index contributed by atoms with van der Waals surface area (Å²) in [4.78, 5) is 18.5. The van der Waals surface area contributed by atoms with Gasteiger partial charge in [0.1, 0.15) is 12.4 Å². The Labute approximate surface area is 161 Å². The average Bonchev–Trinajstić information content (AvgIpc) is 3.21. The van der Waals surface area contributed by atoms with Crippen LogP contribution in [0.1, 0.15) is 5.89 Å². The fraction of sp³-hybridized carbons (Fsp3) is 0.250. The molecule has 3 aromatic rings. The predicted molar refractivity (Wildman–Crippen MR) is 99.1 cm³/mol. The van der Waals surface area contributed by atoms with Crippen LogP contribution in [-0.4, -0.2) is 47.8 Å². The van der Waals surface area contributed by atoms with Crippen LogP contribution in [0.4, 0.5) is 0 Å². The van der Waals surface area contributed by atoms with Crippen LogP contribution in [-0.2, 0) is 11.3 Å². The Morgan fingerprint density at radius 2 is 1.93 bits per heavy atom. The van der Waals surface area contributed by atoms with E-state index in [1.807, 2.05) is 36.4 Å². The number of para-hydroxylation sites is 2. The zero-order valence-electron chi connectivity index (χ0n) is 15.5. The number of methoxy groups -OCH3 is 1. The van der Waals surface area contributed by atoms with Crippen molar-refractivity contribution in [2.24, 2.45) is 0 Å². The minimum Gasteiger partial charge on any atom is -0.497 e. The number of fused-ring (bicyclic) bond motifs is 1. The van der Waals surface area contributed by atoms with Crippen LogP contribution in [0.25, 0.3) is 11.4 Å². The summed E-state index contributed by atoms with van der Waals surface area (Å²) in [6.45, 7) is 0.324. The second-order valence-electron chi connectivity index (χ2n) is 6.30. The molecule has 0 spiro atoms. The normalized spacial score (nSPS) is 15.1. The van der Waals surface area contributed by atoms with E-state index in [2.05, 4.69) is 10.1 Å². The number of likely N-dealkylation sites (N-methyl/N-ethyl adjacent to an activating group) is 1. The minimum atomic E-state index is -0.719. The molecule has 8 nitrogen and oxygen atoms in total. The third kappa shape index (κ3) is 3.62. The monoisotopic (exact) mass is 381 g/mol. The van der Waals surface area contributed by atoms with Crippen LogP contribution < -0.4 is 14.2 Å². The third-order valence-electron chi connectivity index (χ3n) is 4.35. The summed E-state index contributed by atoms with van der Waals surface area (Å²) < 4.78 is 21.8. The predicted octanol–water partition coefficient (Wildman–Crippen LogP) is 2.54. The molecule has 0 N–H and O–H groups in total. The highest BCUT2D eigenvalue weighted by Crippen LogP contribution is 2.31. The molecule has 2 aromatic carbocycles. The summed E-state index contributed by atoms with van der Waals surface area (Å²) in [5.74, 6) is 2.49. The van der Waals surface area contributed by atoms with Crippen LogP contribution in [0.3, 0.4) is 0 Å². The number of benzene rings is 2. The van der Waals surface area contributed by atoms with Gasteiger partial charge in [-0.3, -0.25) is 4.79 Å². The smallest absolute Gasteiger partial charge is 0.267 e. The van der Waals surface area contributed by atoms with Gasteiger partial charge in [-0.25, -0.2) is 0 Å². The first-order chi connectivity index (χ1) is 13.6. The summed E-state index contributed by atoms with van der Waals surface area (Å²) >= 11 is 0. The van der Waals surface area contributed by atoms with Crippen molar-refractivity contribution in [3.05, 3.63) is 54.4 Å². The van der Waals surface area contributed by atoms with Gasteiger partial charge in [-0.05, 0) is 36.4 Å². The molecule has 28 heavy (non-hydrogen) atoms. The number of nitrogens with zero attached hydrogens (tertiary/aromatic N) is 3. The van der Waals surface area contributed by atoms with E-state index in [1.54, 1.807) is 26.3 Å². The first kappa shape index (κ1) is 17.8. The van der Waals surface area contributed by atoms with E-state index in [9.17, 15) is 4.79 Å². The maximum absolute atomic E-state index is 12.7. The van der Waals surface area contributed by atoms with Crippen LogP contribution in [0.2, 0.25) is 0 Å². The lowest BCUT2D eigenvalue weighted by Gasteiger charge is -2.28. The van der Waals surface area contributed by atoms with Gasteiger partial charge in [0.25, 0.3) is 5.91 Å². The molecule has 8 heteroatoms. The molecule has 4 rings (SSSR count). The first-order valence-electron chi connectivity index (χ1n) is 8.74. The van der Waals surface area contributed by atoms with Gasteiger partial charge in [-0.2, -0.15) is 4.98 Å². The molecule has 1 atom stereocenters. The molecule has 0 bridgehead atoms. The van der Waals surface area contributed by atoms with Crippen molar-refractivity contribution in [2.75, 3.05) is 20.8 Å². The maximum Gasteiger partial charge on any atom is 0.267 e. The molecule has 1 aliphatic heterocycles. The summed E-state index contributed by atoms with van der Waals surface area (Å²) in [5, 5.41) is 3.98. The van der Waals surface area contributed by atoms with Crippen molar-refractivity contribution in [3.8, 4) is 28.6 Å². The fourth-order valence-corrected chi connectivity index (χ4v) is 2.84. The molecule has 1 aliphatic rings. The van der Waals surface area contributed by atoms with Gasteiger partial charge in [-0.1, -0.05) is 17.3 Å². The number of aromatic nitrogens is 2. The Bertz CT molecular complexity index is 970. The Morgan fingerprint density at radius 1 is 1.18 bits per heavy atom.